The van der Waals surface area contributed by atoms with Crippen molar-refractivity contribution in [3.05, 3.63) is 42.5 Å². The minimum absolute atomic E-state index is 0.362. The van der Waals surface area contributed by atoms with E-state index in [1.54, 1.807) is 12.4 Å². The second-order valence-electron chi connectivity index (χ2n) is 4.64. The molecule has 0 aliphatic heterocycles. The second kappa shape index (κ2) is 6.89. The Morgan fingerprint density at radius 2 is 2.26 bits per heavy atom. The first-order valence-corrected chi connectivity index (χ1v) is 6.52. The molecular formula is C14H20N4O. The van der Waals surface area contributed by atoms with Crippen LogP contribution in [0, 0.1) is 0 Å². The van der Waals surface area contributed by atoms with Gasteiger partial charge in [0, 0.05) is 31.5 Å². The van der Waals surface area contributed by atoms with Gasteiger partial charge in [-0.1, -0.05) is 6.07 Å². The van der Waals surface area contributed by atoms with Crippen molar-refractivity contribution in [2.24, 2.45) is 0 Å². The molecule has 102 valence electrons. The van der Waals surface area contributed by atoms with Crippen LogP contribution in [0.2, 0.25) is 0 Å². The van der Waals surface area contributed by atoms with Gasteiger partial charge < -0.3 is 10.1 Å². The first-order valence-electron chi connectivity index (χ1n) is 6.52. The van der Waals surface area contributed by atoms with Crippen LogP contribution in [0.3, 0.4) is 0 Å². The Kier molecular flexibility index (Phi) is 4.92. The molecule has 0 aromatic carbocycles. The Morgan fingerprint density at radius 1 is 1.37 bits per heavy atom. The second-order valence-corrected chi connectivity index (χ2v) is 4.64. The van der Waals surface area contributed by atoms with Gasteiger partial charge in [0.2, 0.25) is 0 Å². The molecule has 5 heteroatoms. The van der Waals surface area contributed by atoms with Gasteiger partial charge in [0.25, 0.3) is 0 Å². The highest BCUT2D eigenvalue weighted by atomic mass is 16.5. The smallest absolute Gasteiger partial charge is 0.157 e. The Balaban J connectivity index is 1.64. The molecule has 0 atom stereocenters. The van der Waals surface area contributed by atoms with Gasteiger partial charge in [-0.2, -0.15) is 5.10 Å². The predicted octanol–water partition coefficient (Wildman–Crippen LogP) is 2.03. The molecule has 2 aromatic rings. The van der Waals surface area contributed by atoms with Crippen LogP contribution in [-0.4, -0.2) is 27.9 Å². The number of rotatable bonds is 7. The van der Waals surface area contributed by atoms with E-state index in [0.717, 1.165) is 18.8 Å². The third-order valence-electron chi connectivity index (χ3n) is 2.71. The summed E-state index contributed by atoms with van der Waals surface area (Å²) >= 11 is 0. The van der Waals surface area contributed by atoms with Crippen molar-refractivity contribution >= 4 is 0 Å². The summed E-state index contributed by atoms with van der Waals surface area (Å²) in [6, 6.07) is 4.35. The SMILES string of the molecule is CC(C)n1cc(OCCNCc2cccnc2)cn1. The molecule has 0 aliphatic rings. The van der Waals surface area contributed by atoms with Crippen molar-refractivity contribution in [2.75, 3.05) is 13.2 Å². The Bertz CT molecular complexity index is 481. The number of ether oxygens (including phenoxy) is 1. The maximum absolute atomic E-state index is 5.61. The molecule has 0 radical (unpaired) electrons. The number of hydrogen-bond donors (Lipinski definition) is 1. The van der Waals surface area contributed by atoms with E-state index in [4.69, 9.17) is 4.74 Å². The first-order chi connectivity index (χ1) is 9.25. The van der Waals surface area contributed by atoms with Gasteiger partial charge in [-0.25, -0.2) is 0 Å². The zero-order chi connectivity index (χ0) is 13.5. The topological polar surface area (TPSA) is 52.0 Å². The number of nitrogens with zero attached hydrogens (tertiary/aromatic N) is 3. The van der Waals surface area contributed by atoms with Gasteiger partial charge >= 0.3 is 0 Å². The van der Waals surface area contributed by atoms with E-state index >= 15 is 0 Å². The van der Waals surface area contributed by atoms with Crippen molar-refractivity contribution in [3.8, 4) is 5.75 Å². The molecule has 5 nitrogen and oxygen atoms in total. The number of nitrogens with one attached hydrogen (secondary N) is 1. The Labute approximate surface area is 113 Å². The lowest BCUT2D eigenvalue weighted by molar-refractivity contribution is 0.313. The summed E-state index contributed by atoms with van der Waals surface area (Å²) in [6.45, 7) is 6.41. The summed E-state index contributed by atoms with van der Waals surface area (Å²) in [6.07, 6.45) is 7.31. The quantitative estimate of drug-likeness (QED) is 0.774. The summed E-state index contributed by atoms with van der Waals surface area (Å²) in [7, 11) is 0. The molecule has 0 spiro atoms. The van der Waals surface area contributed by atoms with E-state index in [-0.39, 0.29) is 0 Å². The molecule has 19 heavy (non-hydrogen) atoms. The predicted molar refractivity (Wildman–Crippen MR) is 74.1 cm³/mol. The van der Waals surface area contributed by atoms with Crippen molar-refractivity contribution in [3.63, 3.8) is 0 Å². The third kappa shape index (κ3) is 4.37. The van der Waals surface area contributed by atoms with E-state index in [9.17, 15) is 0 Å². The van der Waals surface area contributed by atoms with E-state index < -0.39 is 0 Å². The minimum atomic E-state index is 0.362. The van der Waals surface area contributed by atoms with Gasteiger partial charge in [-0.15, -0.1) is 0 Å². The van der Waals surface area contributed by atoms with Gasteiger partial charge in [0.15, 0.2) is 5.75 Å². The van der Waals surface area contributed by atoms with Gasteiger partial charge in [0.1, 0.15) is 6.61 Å². The van der Waals surface area contributed by atoms with Gasteiger partial charge in [0.05, 0.1) is 12.4 Å². The average Bonchev–Trinajstić information content (AvgIpc) is 2.89. The molecule has 0 saturated heterocycles. The number of pyridine rings is 1. The van der Waals surface area contributed by atoms with Crippen molar-refractivity contribution in [2.45, 2.75) is 26.4 Å². The summed E-state index contributed by atoms with van der Waals surface area (Å²) in [4.78, 5) is 4.07. The van der Waals surface area contributed by atoms with Crippen molar-refractivity contribution < 1.29 is 4.74 Å². The lowest BCUT2D eigenvalue weighted by Crippen LogP contribution is -2.20. The molecule has 0 amide bonds. The largest absolute Gasteiger partial charge is 0.489 e. The maximum atomic E-state index is 5.61. The summed E-state index contributed by atoms with van der Waals surface area (Å²) in [5.41, 5.74) is 1.18. The lowest BCUT2D eigenvalue weighted by atomic mass is 10.3. The van der Waals surface area contributed by atoms with Crippen LogP contribution in [0.1, 0.15) is 25.5 Å². The highest BCUT2D eigenvalue weighted by molar-refractivity contribution is 5.12. The molecule has 0 aliphatic carbocycles. The van der Waals surface area contributed by atoms with Crippen LogP contribution < -0.4 is 10.1 Å². The Morgan fingerprint density at radius 3 is 2.95 bits per heavy atom. The van der Waals surface area contributed by atoms with Crippen LogP contribution >= 0.6 is 0 Å². The van der Waals surface area contributed by atoms with E-state index in [0.29, 0.717) is 12.6 Å². The van der Waals surface area contributed by atoms with Crippen LogP contribution in [0.15, 0.2) is 36.9 Å². The maximum Gasteiger partial charge on any atom is 0.157 e. The van der Waals surface area contributed by atoms with Crippen molar-refractivity contribution in [1.82, 2.24) is 20.1 Å². The average molecular weight is 260 g/mol. The zero-order valence-electron chi connectivity index (χ0n) is 11.4. The van der Waals surface area contributed by atoms with Crippen LogP contribution in [0.4, 0.5) is 0 Å². The molecule has 2 heterocycles. The fraction of sp³-hybridized carbons (Fsp3) is 0.429. The number of hydrogen-bond acceptors (Lipinski definition) is 4. The van der Waals surface area contributed by atoms with Gasteiger partial charge in [-0.05, 0) is 25.5 Å². The molecule has 0 unspecified atom stereocenters. The molecular weight excluding hydrogens is 240 g/mol. The molecule has 0 saturated carbocycles. The standard InChI is InChI=1S/C14H20N4O/c1-12(2)18-11-14(10-17-18)19-7-6-16-9-13-4-3-5-15-8-13/h3-5,8,10-12,16H,6-7,9H2,1-2H3. The molecule has 1 N–H and O–H groups in total. The first kappa shape index (κ1) is 13.5. The fourth-order valence-corrected chi connectivity index (χ4v) is 1.65. The zero-order valence-corrected chi connectivity index (χ0v) is 11.4. The van der Waals surface area contributed by atoms with Crippen LogP contribution in [-0.2, 0) is 6.54 Å². The molecule has 0 fully saturated rings. The summed E-state index contributed by atoms with van der Waals surface area (Å²) in [5.74, 6) is 0.817. The summed E-state index contributed by atoms with van der Waals surface area (Å²) in [5, 5.41) is 7.53. The summed E-state index contributed by atoms with van der Waals surface area (Å²) < 4.78 is 7.50. The van der Waals surface area contributed by atoms with E-state index in [2.05, 4.69) is 29.2 Å². The molecule has 2 rings (SSSR count). The fourth-order valence-electron chi connectivity index (χ4n) is 1.65. The normalized spacial score (nSPS) is 10.9. The van der Waals surface area contributed by atoms with Crippen molar-refractivity contribution in [1.29, 1.82) is 0 Å². The monoisotopic (exact) mass is 260 g/mol. The lowest BCUT2D eigenvalue weighted by Gasteiger charge is -2.06. The van der Waals surface area contributed by atoms with Crippen LogP contribution in [0.25, 0.3) is 0 Å². The highest BCUT2D eigenvalue weighted by Crippen LogP contribution is 2.11. The molecule has 2 aromatic heterocycles. The highest BCUT2D eigenvalue weighted by Gasteiger charge is 2.01. The minimum Gasteiger partial charge on any atom is -0.489 e. The Hall–Kier alpha value is -1.88. The van der Waals surface area contributed by atoms with Crippen LogP contribution in [0.5, 0.6) is 5.75 Å². The third-order valence-corrected chi connectivity index (χ3v) is 2.71. The van der Waals surface area contributed by atoms with Gasteiger partial charge in [-0.3, -0.25) is 9.67 Å². The number of aromatic nitrogens is 3. The van der Waals surface area contributed by atoms with E-state index in [1.165, 1.54) is 5.56 Å². The molecule has 0 bridgehead atoms. The van der Waals surface area contributed by atoms with E-state index in [1.807, 2.05) is 29.2 Å².